The highest BCUT2D eigenvalue weighted by molar-refractivity contribution is 5.88. The fraction of sp³-hybridized carbons (Fsp3) is 0.269. The third-order valence-electron chi connectivity index (χ3n) is 6.40. The third kappa shape index (κ3) is 4.31. The highest BCUT2D eigenvalue weighted by Crippen LogP contribution is 2.38. The summed E-state index contributed by atoms with van der Waals surface area (Å²) in [5.41, 5.74) is 10.3. The van der Waals surface area contributed by atoms with E-state index >= 15 is 0 Å². The number of likely N-dealkylation sites (tertiary alicyclic amines) is 1. The molecule has 1 aliphatic rings. The number of nitrogens with two attached hydrogens (primary N) is 1. The minimum atomic E-state index is -0.397. The van der Waals surface area contributed by atoms with Crippen LogP contribution in [0.1, 0.15) is 36.9 Å². The summed E-state index contributed by atoms with van der Waals surface area (Å²) < 4.78 is 22.3. The maximum absolute atomic E-state index is 14.6. The number of ether oxygens (including phenoxy) is 1. The van der Waals surface area contributed by atoms with Crippen LogP contribution >= 0.6 is 0 Å². The number of hydrogen-bond acceptors (Lipinski definition) is 5. The molecule has 174 valence electrons. The van der Waals surface area contributed by atoms with E-state index in [1.807, 2.05) is 47.4 Å². The van der Waals surface area contributed by atoms with Gasteiger partial charge in [-0.2, -0.15) is 5.10 Å². The van der Waals surface area contributed by atoms with Gasteiger partial charge in [-0.25, -0.2) is 13.9 Å². The van der Waals surface area contributed by atoms with Gasteiger partial charge in [0.15, 0.2) is 5.82 Å². The summed E-state index contributed by atoms with van der Waals surface area (Å²) in [5, 5.41) is 4.46. The van der Waals surface area contributed by atoms with Crippen molar-refractivity contribution in [2.45, 2.75) is 32.3 Å². The van der Waals surface area contributed by atoms with Gasteiger partial charge in [-0.15, -0.1) is 0 Å². The van der Waals surface area contributed by atoms with E-state index in [0.29, 0.717) is 42.3 Å². The lowest BCUT2D eigenvalue weighted by atomic mass is 9.93. The number of anilines is 1. The van der Waals surface area contributed by atoms with Gasteiger partial charge < -0.3 is 15.4 Å². The first-order chi connectivity index (χ1) is 16.5. The first-order valence-electron chi connectivity index (χ1n) is 11.3. The average Bonchev–Trinajstić information content (AvgIpc) is 3.24. The number of benzene rings is 2. The molecule has 1 saturated heterocycles. The molecule has 0 aliphatic carbocycles. The zero-order valence-corrected chi connectivity index (χ0v) is 18.9. The number of nitrogen functional groups attached to an aromatic ring is 1. The van der Waals surface area contributed by atoms with Crippen molar-refractivity contribution in [3.8, 4) is 16.9 Å². The number of carbonyl (C=O) groups is 1. The van der Waals surface area contributed by atoms with Crippen LogP contribution < -0.4 is 10.5 Å². The Morgan fingerprint density at radius 1 is 1.15 bits per heavy atom. The molecular weight excluding hydrogens is 433 g/mol. The molecule has 1 aliphatic heterocycles. The van der Waals surface area contributed by atoms with E-state index in [0.717, 1.165) is 29.7 Å². The average molecular weight is 460 g/mol. The van der Waals surface area contributed by atoms with Crippen molar-refractivity contribution in [3.05, 3.63) is 78.0 Å². The van der Waals surface area contributed by atoms with Crippen molar-refractivity contribution in [3.63, 3.8) is 0 Å². The molecule has 0 atom stereocenters. The summed E-state index contributed by atoms with van der Waals surface area (Å²) in [6.45, 7) is 3.33. The maximum atomic E-state index is 14.6. The third-order valence-corrected chi connectivity index (χ3v) is 6.40. The second-order valence-electron chi connectivity index (χ2n) is 8.62. The molecular formula is C26H26FN5O2. The Kier molecular flexibility index (Phi) is 5.88. The van der Waals surface area contributed by atoms with E-state index in [-0.39, 0.29) is 11.8 Å². The van der Waals surface area contributed by atoms with Gasteiger partial charge in [-0.1, -0.05) is 30.3 Å². The first-order valence-corrected chi connectivity index (χ1v) is 11.3. The SMILES string of the molecule is CC(=O)N1CCC(c2cc(-c3cc(F)cc(OCc4ccccc4)c3)c3c(N)ncnn23)CC1. The molecule has 1 fully saturated rings. The zero-order valence-electron chi connectivity index (χ0n) is 18.9. The molecule has 0 saturated carbocycles. The molecule has 7 nitrogen and oxygen atoms in total. The number of piperidine rings is 1. The van der Waals surface area contributed by atoms with Gasteiger partial charge in [0.05, 0.1) is 0 Å². The lowest BCUT2D eigenvalue weighted by Gasteiger charge is -2.31. The molecule has 0 radical (unpaired) electrons. The topological polar surface area (TPSA) is 85.8 Å². The monoisotopic (exact) mass is 459 g/mol. The Balaban J connectivity index is 1.50. The minimum absolute atomic E-state index is 0.0912. The molecule has 2 aromatic carbocycles. The number of fused-ring (bicyclic) bond motifs is 1. The number of carbonyl (C=O) groups excluding carboxylic acids is 1. The van der Waals surface area contributed by atoms with Crippen LogP contribution in [-0.2, 0) is 11.4 Å². The molecule has 0 bridgehead atoms. The highest BCUT2D eigenvalue weighted by Gasteiger charge is 2.27. The van der Waals surface area contributed by atoms with Crippen LogP contribution in [0, 0.1) is 5.82 Å². The molecule has 34 heavy (non-hydrogen) atoms. The van der Waals surface area contributed by atoms with E-state index in [1.54, 1.807) is 11.4 Å². The van der Waals surface area contributed by atoms with Crippen molar-refractivity contribution in [2.24, 2.45) is 0 Å². The molecule has 0 spiro atoms. The smallest absolute Gasteiger partial charge is 0.219 e. The predicted molar refractivity (Wildman–Crippen MR) is 128 cm³/mol. The Morgan fingerprint density at radius 3 is 2.65 bits per heavy atom. The summed E-state index contributed by atoms with van der Waals surface area (Å²) in [6.07, 6.45) is 3.08. The van der Waals surface area contributed by atoms with Gasteiger partial charge in [0, 0.05) is 43.3 Å². The Morgan fingerprint density at radius 2 is 1.91 bits per heavy atom. The Bertz CT molecular complexity index is 1330. The second-order valence-corrected chi connectivity index (χ2v) is 8.62. The van der Waals surface area contributed by atoms with Crippen LogP contribution in [-0.4, -0.2) is 38.5 Å². The van der Waals surface area contributed by atoms with E-state index in [2.05, 4.69) is 10.1 Å². The fourth-order valence-corrected chi connectivity index (χ4v) is 4.64. The maximum Gasteiger partial charge on any atom is 0.219 e. The largest absolute Gasteiger partial charge is 0.489 e. The Hall–Kier alpha value is -3.94. The van der Waals surface area contributed by atoms with Crippen LogP contribution in [0.5, 0.6) is 5.75 Å². The summed E-state index contributed by atoms with van der Waals surface area (Å²) in [4.78, 5) is 17.8. The van der Waals surface area contributed by atoms with Crippen molar-refractivity contribution < 1.29 is 13.9 Å². The summed E-state index contributed by atoms with van der Waals surface area (Å²) in [5.74, 6) is 0.659. The quantitative estimate of drug-likeness (QED) is 0.477. The van der Waals surface area contributed by atoms with Crippen molar-refractivity contribution >= 4 is 17.2 Å². The van der Waals surface area contributed by atoms with Crippen molar-refractivity contribution in [1.82, 2.24) is 19.5 Å². The van der Waals surface area contributed by atoms with Crippen LogP contribution in [0.2, 0.25) is 0 Å². The molecule has 3 heterocycles. The van der Waals surface area contributed by atoms with Gasteiger partial charge in [-0.3, -0.25) is 4.79 Å². The van der Waals surface area contributed by atoms with Gasteiger partial charge in [0.1, 0.15) is 30.0 Å². The first kappa shape index (κ1) is 21.9. The van der Waals surface area contributed by atoms with Crippen LogP contribution in [0.25, 0.3) is 16.6 Å². The fourth-order valence-electron chi connectivity index (χ4n) is 4.64. The lowest BCUT2D eigenvalue weighted by Crippen LogP contribution is -2.36. The van der Waals surface area contributed by atoms with Crippen molar-refractivity contribution in [2.75, 3.05) is 18.8 Å². The van der Waals surface area contributed by atoms with Crippen LogP contribution in [0.15, 0.2) is 60.9 Å². The molecule has 2 aromatic heterocycles. The molecule has 1 amide bonds. The predicted octanol–water partition coefficient (Wildman–Crippen LogP) is 4.42. The van der Waals surface area contributed by atoms with E-state index in [4.69, 9.17) is 10.5 Å². The molecule has 5 rings (SSSR count). The van der Waals surface area contributed by atoms with Gasteiger partial charge in [-0.05, 0) is 42.2 Å². The molecule has 4 aromatic rings. The minimum Gasteiger partial charge on any atom is -0.489 e. The summed E-state index contributed by atoms with van der Waals surface area (Å²) in [6, 6.07) is 16.4. The number of nitrogens with zero attached hydrogens (tertiary/aromatic N) is 4. The van der Waals surface area contributed by atoms with Crippen LogP contribution in [0.3, 0.4) is 0 Å². The van der Waals surface area contributed by atoms with Crippen LogP contribution in [0.4, 0.5) is 10.2 Å². The number of aromatic nitrogens is 3. The summed E-state index contributed by atoms with van der Waals surface area (Å²) in [7, 11) is 0. The van der Waals surface area contributed by atoms with Gasteiger partial charge >= 0.3 is 0 Å². The highest BCUT2D eigenvalue weighted by atomic mass is 19.1. The molecule has 2 N–H and O–H groups in total. The number of halogens is 1. The number of rotatable bonds is 5. The van der Waals surface area contributed by atoms with Gasteiger partial charge in [0.25, 0.3) is 0 Å². The molecule has 0 unspecified atom stereocenters. The molecule has 8 heteroatoms. The Labute approximate surface area is 197 Å². The van der Waals surface area contributed by atoms with E-state index in [9.17, 15) is 9.18 Å². The normalized spacial score (nSPS) is 14.5. The zero-order chi connectivity index (χ0) is 23.7. The van der Waals surface area contributed by atoms with Crippen molar-refractivity contribution in [1.29, 1.82) is 0 Å². The lowest BCUT2D eigenvalue weighted by molar-refractivity contribution is -0.129. The second kappa shape index (κ2) is 9.13. The van der Waals surface area contributed by atoms with Gasteiger partial charge in [0.2, 0.25) is 5.91 Å². The summed E-state index contributed by atoms with van der Waals surface area (Å²) >= 11 is 0. The number of amides is 1. The van der Waals surface area contributed by atoms with E-state index < -0.39 is 5.82 Å². The number of hydrogen-bond donors (Lipinski definition) is 1. The van der Waals surface area contributed by atoms with E-state index in [1.165, 1.54) is 18.5 Å². The standard InChI is InChI=1S/C26H26FN5O2/c1-17(33)31-9-7-19(8-10-31)24-14-23(25-26(28)29-16-30-32(24)25)20-11-21(27)13-22(12-20)34-15-18-5-3-2-4-6-18/h2-6,11-14,16,19H,7-10,15H2,1H3,(H2,28,29,30).